The minimum absolute atomic E-state index is 0.887. The number of hydrogen-bond donors (Lipinski definition) is 0. The smallest absolute Gasteiger partial charge is 0.0137 e. The van der Waals surface area contributed by atoms with Crippen LogP contribution in [0.3, 0.4) is 0 Å². The molecule has 1 rings (SSSR count). The summed E-state index contributed by atoms with van der Waals surface area (Å²) in [6.45, 7) is 14.3. The molecule has 0 fully saturated rings. The molecule has 0 saturated heterocycles. The van der Waals surface area contributed by atoms with Crippen LogP contribution in [-0.4, -0.2) is 0 Å². The van der Waals surface area contributed by atoms with Gasteiger partial charge < -0.3 is 0 Å². The molecule has 0 heterocycles. The van der Waals surface area contributed by atoms with Gasteiger partial charge >= 0.3 is 0 Å². The Morgan fingerprint density at radius 3 is 2.21 bits per heavy atom. The Hall–Kier alpha value is -0.260. The maximum atomic E-state index is 2.48. The van der Waals surface area contributed by atoms with E-state index in [1.165, 1.54) is 44.9 Å². The summed E-state index contributed by atoms with van der Waals surface area (Å²) in [6.07, 6.45) is 9.53. The van der Waals surface area contributed by atoms with E-state index >= 15 is 0 Å². The molecule has 0 amide bonds. The molecular formula is C19H36. The summed E-state index contributed by atoms with van der Waals surface area (Å²) >= 11 is 0. The standard InChI is InChI=1S/C19H36/c1-7-11-15(6)18-13-17(10-4)19(18)12-16(9-3)14(5)8-2/h14-16,18H,7-13H2,1-6H3. The Bertz CT molecular complexity index is 286. The van der Waals surface area contributed by atoms with Crippen LogP contribution in [0, 0.1) is 23.7 Å². The molecule has 112 valence electrons. The lowest BCUT2D eigenvalue weighted by Crippen LogP contribution is -2.27. The molecule has 4 atom stereocenters. The molecule has 1 aliphatic rings. The Morgan fingerprint density at radius 1 is 1.05 bits per heavy atom. The molecule has 0 N–H and O–H groups in total. The summed E-state index contributed by atoms with van der Waals surface area (Å²) in [5, 5.41) is 0. The first-order valence-electron chi connectivity index (χ1n) is 8.79. The van der Waals surface area contributed by atoms with Crippen molar-refractivity contribution >= 4 is 0 Å². The predicted molar refractivity (Wildman–Crippen MR) is 87.3 cm³/mol. The van der Waals surface area contributed by atoms with E-state index in [0.717, 1.165) is 23.7 Å². The van der Waals surface area contributed by atoms with Gasteiger partial charge in [-0.3, -0.25) is 0 Å². The normalized spacial score (nSPS) is 24.0. The van der Waals surface area contributed by atoms with Crippen LogP contribution < -0.4 is 0 Å². The molecule has 0 nitrogen and oxygen atoms in total. The number of hydrogen-bond acceptors (Lipinski definition) is 0. The highest BCUT2D eigenvalue weighted by molar-refractivity contribution is 5.29. The van der Waals surface area contributed by atoms with Gasteiger partial charge in [-0.2, -0.15) is 0 Å². The third-order valence-electron chi connectivity index (χ3n) is 5.68. The molecule has 1 aliphatic carbocycles. The van der Waals surface area contributed by atoms with Gasteiger partial charge in [-0.1, -0.05) is 78.4 Å². The minimum atomic E-state index is 0.887. The molecule has 0 aromatic carbocycles. The fourth-order valence-corrected chi connectivity index (χ4v) is 3.88. The van der Waals surface area contributed by atoms with Crippen LogP contribution in [0.5, 0.6) is 0 Å². The van der Waals surface area contributed by atoms with E-state index in [1.54, 1.807) is 5.57 Å². The quantitative estimate of drug-likeness (QED) is 0.411. The van der Waals surface area contributed by atoms with E-state index < -0.39 is 0 Å². The van der Waals surface area contributed by atoms with Crippen LogP contribution in [0.4, 0.5) is 0 Å². The highest BCUT2D eigenvalue weighted by Crippen LogP contribution is 2.46. The predicted octanol–water partition coefficient (Wildman–Crippen LogP) is 6.61. The fourth-order valence-electron chi connectivity index (χ4n) is 3.88. The third-order valence-corrected chi connectivity index (χ3v) is 5.68. The summed E-state index contributed by atoms with van der Waals surface area (Å²) in [6, 6.07) is 0. The SMILES string of the molecule is CCCC(C)C1CC(CC)=C1CC(CC)C(C)CC. The minimum Gasteiger partial charge on any atom is -0.0704 e. The van der Waals surface area contributed by atoms with Crippen LogP contribution >= 0.6 is 0 Å². The van der Waals surface area contributed by atoms with Gasteiger partial charge in [0, 0.05) is 0 Å². The first-order chi connectivity index (χ1) is 9.08. The topological polar surface area (TPSA) is 0 Å². The molecule has 0 saturated carbocycles. The van der Waals surface area contributed by atoms with Gasteiger partial charge in [0.25, 0.3) is 0 Å². The van der Waals surface area contributed by atoms with E-state index in [2.05, 4.69) is 41.5 Å². The largest absolute Gasteiger partial charge is 0.0704 e. The molecule has 0 aromatic heterocycles. The van der Waals surface area contributed by atoms with Crippen molar-refractivity contribution in [3.8, 4) is 0 Å². The highest BCUT2D eigenvalue weighted by atomic mass is 14.4. The highest BCUT2D eigenvalue weighted by Gasteiger charge is 2.33. The van der Waals surface area contributed by atoms with Gasteiger partial charge in [0.05, 0.1) is 0 Å². The number of allylic oxidation sites excluding steroid dienone is 2. The first kappa shape index (κ1) is 16.8. The molecule has 0 spiro atoms. The maximum Gasteiger partial charge on any atom is -0.0137 e. The third kappa shape index (κ3) is 4.10. The Kier molecular flexibility index (Phi) is 7.18. The summed E-state index contributed by atoms with van der Waals surface area (Å²) < 4.78 is 0. The monoisotopic (exact) mass is 264 g/mol. The Morgan fingerprint density at radius 2 is 1.74 bits per heavy atom. The van der Waals surface area contributed by atoms with Crippen LogP contribution in [0.15, 0.2) is 11.1 Å². The van der Waals surface area contributed by atoms with Gasteiger partial charge in [0.1, 0.15) is 0 Å². The lowest BCUT2D eigenvalue weighted by molar-refractivity contribution is 0.277. The van der Waals surface area contributed by atoms with Crippen molar-refractivity contribution in [3.63, 3.8) is 0 Å². The van der Waals surface area contributed by atoms with Gasteiger partial charge in [0.15, 0.2) is 0 Å². The van der Waals surface area contributed by atoms with E-state index in [4.69, 9.17) is 0 Å². The molecule has 4 unspecified atom stereocenters. The van der Waals surface area contributed by atoms with Crippen molar-refractivity contribution in [1.29, 1.82) is 0 Å². The van der Waals surface area contributed by atoms with E-state index in [9.17, 15) is 0 Å². The lowest BCUT2D eigenvalue weighted by atomic mass is 9.65. The van der Waals surface area contributed by atoms with E-state index in [1.807, 2.05) is 5.57 Å². The molecule has 19 heavy (non-hydrogen) atoms. The van der Waals surface area contributed by atoms with Crippen LogP contribution in [0.2, 0.25) is 0 Å². The Balaban J connectivity index is 2.70. The van der Waals surface area contributed by atoms with Crippen LogP contribution in [0.1, 0.15) is 86.5 Å². The van der Waals surface area contributed by atoms with Crippen molar-refractivity contribution in [3.05, 3.63) is 11.1 Å². The molecular weight excluding hydrogens is 228 g/mol. The fraction of sp³-hybridized carbons (Fsp3) is 0.895. The van der Waals surface area contributed by atoms with Crippen LogP contribution in [0.25, 0.3) is 0 Å². The van der Waals surface area contributed by atoms with Gasteiger partial charge in [-0.25, -0.2) is 0 Å². The van der Waals surface area contributed by atoms with Crippen molar-refractivity contribution in [2.45, 2.75) is 86.5 Å². The second-order valence-corrected chi connectivity index (χ2v) is 6.82. The zero-order valence-corrected chi connectivity index (χ0v) is 14.3. The van der Waals surface area contributed by atoms with Gasteiger partial charge in [-0.15, -0.1) is 0 Å². The first-order valence-corrected chi connectivity index (χ1v) is 8.79. The molecule has 0 aliphatic heterocycles. The van der Waals surface area contributed by atoms with Crippen molar-refractivity contribution < 1.29 is 0 Å². The molecule has 0 radical (unpaired) electrons. The average Bonchev–Trinajstić information content (AvgIpc) is 2.38. The summed E-state index contributed by atoms with van der Waals surface area (Å²) in [4.78, 5) is 0. The Labute approximate surface area is 122 Å². The zero-order chi connectivity index (χ0) is 14.4. The van der Waals surface area contributed by atoms with Gasteiger partial charge in [0.2, 0.25) is 0 Å². The number of rotatable bonds is 9. The maximum absolute atomic E-state index is 2.48. The lowest BCUT2D eigenvalue weighted by Gasteiger charge is -2.40. The molecule has 0 heteroatoms. The summed E-state index contributed by atoms with van der Waals surface area (Å²) in [5.41, 5.74) is 3.67. The van der Waals surface area contributed by atoms with Gasteiger partial charge in [-0.05, 0) is 42.9 Å². The summed E-state index contributed by atoms with van der Waals surface area (Å²) in [7, 11) is 0. The van der Waals surface area contributed by atoms with E-state index in [-0.39, 0.29) is 0 Å². The summed E-state index contributed by atoms with van der Waals surface area (Å²) in [5.74, 6) is 3.63. The second-order valence-electron chi connectivity index (χ2n) is 6.82. The molecule has 0 aromatic rings. The second kappa shape index (κ2) is 8.12. The van der Waals surface area contributed by atoms with Crippen molar-refractivity contribution in [2.24, 2.45) is 23.7 Å². The van der Waals surface area contributed by atoms with Crippen LogP contribution in [-0.2, 0) is 0 Å². The van der Waals surface area contributed by atoms with Crippen molar-refractivity contribution in [1.82, 2.24) is 0 Å². The molecule has 0 bridgehead atoms. The van der Waals surface area contributed by atoms with E-state index in [0.29, 0.717) is 0 Å². The zero-order valence-electron chi connectivity index (χ0n) is 14.3. The van der Waals surface area contributed by atoms with Crippen molar-refractivity contribution in [2.75, 3.05) is 0 Å². The average molecular weight is 264 g/mol.